The van der Waals surface area contributed by atoms with Crippen LogP contribution in [0.15, 0.2) is 0 Å². The van der Waals surface area contributed by atoms with Gasteiger partial charge in [0, 0.05) is 25.2 Å². The molecule has 4 nitrogen and oxygen atoms in total. The second kappa shape index (κ2) is 5.84. The summed E-state index contributed by atoms with van der Waals surface area (Å²) in [5, 5.41) is 7.33. The van der Waals surface area contributed by atoms with Crippen molar-refractivity contribution in [1.82, 2.24) is 15.1 Å². The first-order chi connectivity index (χ1) is 7.95. The number of nitrogens with zero attached hydrogens (tertiary/aromatic N) is 2. The van der Waals surface area contributed by atoms with E-state index in [0.717, 1.165) is 24.2 Å². The lowest BCUT2D eigenvalue weighted by atomic mass is 10.1. The van der Waals surface area contributed by atoms with Crippen LogP contribution in [-0.2, 0) is 18.3 Å². The van der Waals surface area contributed by atoms with Crippen LogP contribution in [0.4, 0.5) is 0 Å². The topological polar surface area (TPSA) is 46.9 Å². The second-order valence-corrected chi connectivity index (χ2v) is 4.65. The molecule has 1 N–H and O–H groups in total. The van der Waals surface area contributed by atoms with Gasteiger partial charge >= 0.3 is 0 Å². The van der Waals surface area contributed by atoms with E-state index in [4.69, 9.17) is 0 Å². The van der Waals surface area contributed by atoms with E-state index in [1.807, 2.05) is 32.5 Å². The minimum Gasteiger partial charge on any atom is -0.354 e. The van der Waals surface area contributed by atoms with Crippen molar-refractivity contribution in [1.29, 1.82) is 0 Å². The Bertz CT molecular complexity index is 396. The zero-order valence-electron chi connectivity index (χ0n) is 11.5. The van der Waals surface area contributed by atoms with Crippen LogP contribution >= 0.6 is 0 Å². The molecule has 0 saturated carbocycles. The summed E-state index contributed by atoms with van der Waals surface area (Å²) in [5.41, 5.74) is 3.38. The molecule has 1 heterocycles. The highest BCUT2D eigenvalue weighted by Gasteiger charge is 2.12. The molecule has 0 unspecified atom stereocenters. The normalized spacial score (nSPS) is 12.5. The lowest BCUT2D eigenvalue weighted by molar-refractivity contribution is -0.121. The summed E-state index contributed by atoms with van der Waals surface area (Å²) in [6.45, 7) is 8.13. The zero-order valence-corrected chi connectivity index (χ0v) is 11.5. The van der Waals surface area contributed by atoms with Crippen LogP contribution in [0.5, 0.6) is 0 Å². The van der Waals surface area contributed by atoms with Crippen LogP contribution in [0.1, 0.15) is 43.6 Å². The molecule has 0 saturated heterocycles. The summed E-state index contributed by atoms with van der Waals surface area (Å²) in [4.78, 5) is 11.7. The molecule has 0 aliphatic carbocycles. The molecule has 1 aromatic heterocycles. The number of rotatable bonds is 5. The predicted octanol–water partition coefficient (Wildman–Crippen LogP) is 1.88. The van der Waals surface area contributed by atoms with Gasteiger partial charge in [-0.25, -0.2) is 0 Å². The first-order valence-corrected chi connectivity index (χ1v) is 6.24. The molecule has 17 heavy (non-hydrogen) atoms. The third-order valence-electron chi connectivity index (χ3n) is 3.28. The van der Waals surface area contributed by atoms with Crippen LogP contribution in [0, 0.1) is 13.8 Å². The van der Waals surface area contributed by atoms with Gasteiger partial charge in [0.2, 0.25) is 5.91 Å². The van der Waals surface area contributed by atoms with Crippen molar-refractivity contribution in [2.75, 3.05) is 0 Å². The number of carbonyl (C=O) groups excluding carboxylic acids is 1. The van der Waals surface area contributed by atoms with Crippen LogP contribution in [-0.4, -0.2) is 21.7 Å². The van der Waals surface area contributed by atoms with E-state index >= 15 is 0 Å². The lowest BCUT2D eigenvalue weighted by Crippen LogP contribution is -2.32. The maximum absolute atomic E-state index is 11.7. The molecule has 1 rings (SSSR count). The van der Waals surface area contributed by atoms with Crippen molar-refractivity contribution in [3.63, 3.8) is 0 Å². The molecule has 1 amide bonds. The molecule has 96 valence electrons. The van der Waals surface area contributed by atoms with Gasteiger partial charge in [-0.2, -0.15) is 5.10 Å². The van der Waals surface area contributed by atoms with Crippen molar-refractivity contribution in [3.05, 3.63) is 17.0 Å². The van der Waals surface area contributed by atoms with E-state index in [0.29, 0.717) is 6.42 Å². The minimum absolute atomic E-state index is 0.127. The summed E-state index contributed by atoms with van der Waals surface area (Å²) in [7, 11) is 1.94. The van der Waals surface area contributed by atoms with Crippen LogP contribution in [0.25, 0.3) is 0 Å². The minimum atomic E-state index is 0.127. The van der Waals surface area contributed by atoms with Crippen molar-refractivity contribution in [3.8, 4) is 0 Å². The van der Waals surface area contributed by atoms with E-state index in [1.165, 1.54) is 5.56 Å². The average molecular weight is 237 g/mol. The monoisotopic (exact) mass is 237 g/mol. The fraction of sp³-hybridized carbons (Fsp3) is 0.692. The van der Waals surface area contributed by atoms with Crippen LogP contribution in [0.2, 0.25) is 0 Å². The third kappa shape index (κ3) is 3.58. The van der Waals surface area contributed by atoms with Gasteiger partial charge in [-0.3, -0.25) is 9.48 Å². The summed E-state index contributed by atoms with van der Waals surface area (Å²) < 4.78 is 1.87. The number of carbonyl (C=O) groups is 1. The molecular formula is C13H23N3O. The second-order valence-electron chi connectivity index (χ2n) is 4.65. The molecule has 0 spiro atoms. The Balaban J connectivity index is 2.53. The Kier molecular flexibility index (Phi) is 4.73. The van der Waals surface area contributed by atoms with Gasteiger partial charge in [-0.15, -0.1) is 0 Å². The van der Waals surface area contributed by atoms with Crippen LogP contribution in [0.3, 0.4) is 0 Å². The SMILES string of the molecule is CC[C@H](C)NC(=O)CCc1c(C)nn(C)c1C. The summed E-state index contributed by atoms with van der Waals surface area (Å²) in [6, 6.07) is 0.263. The molecule has 1 aromatic rings. The van der Waals surface area contributed by atoms with Gasteiger partial charge in [-0.05, 0) is 39.2 Å². The number of aryl methyl sites for hydroxylation is 2. The summed E-state index contributed by atoms with van der Waals surface area (Å²) in [6.07, 6.45) is 2.28. The number of aromatic nitrogens is 2. The van der Waals surface area contributed by atoms with Crippen molar-refractivity contribution >= 4 is 5.91 Å². The van der Waals surface area contributed by atoms with Gasteiger partial charge in [-0.1, -0.05) is 6.92 Å². The summed E-state index contributed by atoms with van der Waals surface area (Å²) in [5.74, 6) is 0.127. The van der Waals surface area contributed by atoms with E-state index in [-0.39, 0.29) is 11.9 Å². The van der Waals surface area contributed by atoms with Crippen molar-refractivity contribution < 1.29 is 4.79 Å². The Morgan fingerprint density at radius 3 is 2.59 bits per heavy atom. The Hall–Kier alpha value is -1.32. The summed E-state index contributed by atoms with van der Waals surface area (Å²) >= 11 is 0. The molecule has 0 aromatic carbocycles. The number of hydrogen-bond acceptors (Lipinski definition) is 2. The van der Waals surface area contributed by atoms with Gasteiger partial charge in [0.1, 0.15) is 0 Å². The molecule has 0 radical (unpaired) electrons. The molecule has 4 heteroatoms. The van der Waals surface area contributed by atoms with Gasteiger partial charge in [0.05, 0.1) is 5.69 Å². The predicted molar refractivity (Wildman–Crippen MR) is 68.9 cm³/mol. The van der Waals surface area contributed by atoms with E-state index in [2.05, 4.69) is 17.3 Å². The number of amides is 1. The van der Waals surface area contributed by atoms with Crippen molar-refractivity contribution in [2.45, 2.75) is 53.0 Å². The first-order valence-electron chi connectivity index (χ1n) is 6.24. The van der Waals surface area contributed by atoms with Gasteiger partial charge in [0.25, 0.3) is 0 Å². The third-order valence-corrected chi connectivity index (χ3v) is 3.28. The average Bonchev–Trinajstić information content (AvgIpc) is 2.51. The molecule has 1 atom stereocenters. The smallest absolute Gasteiger partial charge is 0.220 e. The highest BCUT2D eigenvalue weighted by atomic mass is 16.1. The van der Waals surface area contributed by atoms with E-state index in [9.17, 15) is 4.79 Å². The van der Waals surface area contributed by atoms with E-state index in [1.54, 1.807) is 0 Å². The molecular weight excluding hydrogens is 214 g/mol. The maximum atomic E-state index is 11.7. The molecule has 0 bridgehead atoms. The van der Waals surface area contributed by atoms with Gasteiger partial charge < -0.3 is 5.32 Å². The van der Waals surface area contributed by atoms with Crippen LogP contribution < -0.4 is 5.32 Å². The first kappa shape index (κ1) is 13.7. The highest BCUT2D eigenvalue weighted by molar-refractivity contribution is 5.76. The van der Waals surface area contributed by atoms with Crippen molar-refractivity contribution in [2.24, 2.45) is 7.05 Å². The number of hydrogen-bond donors (Lipinski definition) is 1. The quantitative estimate of drug-likeness (QED) is 0.850. The Morgan fingerprint density at radius 2 is 2.12 bits per heavy atom. The standard InChI is InChI=1S/C13H23N3O/c1-6-9(2)14-13(17)8-7-12-10(3)15-16(5)11(12)4/h9H,6-8H2,1-5H3,(H,14,17)/t9-/m0/s1. The van der Waals surface area contributed by atoms with Gasteiger partial charge in [0.15, 0.2) is 0 Å². The molecule has 0 aliphatic rings. The van der Waals surface area contributed by atoms with E-state index < -0.39 is 0 Å². The lowest BCUT2D eigenvalue weighted by Gasteiger charge is -2.11. The molecule has 0 fully saturated rings. The fourth-order valence-electron chi connectivity index (χ4n) is 1.87. The fourth-order valence-corrected chi connectivity index (χ4v) is 1.87. The molecule has 0 aliphatic heterocycles. The maximum Gasteiger partial charge on any atom is 0.220 e. The highest BCUT2D eigenvalue weighted by Crippen LogP contribution is 2.13. The largest absolute Gasteiger partial charge is 0.354 e. The number of nitrogens with one attached hydrogen (secondary N) is 1. The Labute approximate surface area is 103 Å². The Morgan fingerprint density at radius 1 is 1.47 bits per heavy atom. The zero-order chi connectivity index (χ0) is 13.0.